The van der Waals surface area contributed by atoms with Crippen LogP contribution in [0.4, 0.5) is 0 Å². The zero-order valence-corrected chi connectivity index (χ0v) is 15.7. The second kappa shape index (κ2) is 8.46. The lowest BCUT2D eigenvalue weighted by Crippen LogP contribution is -2.46. The van der Waals surface area contributed by atoms with Crippen LogP contribution in [0.2, 0.25) is 0 Å². The molecule has 1 fully saturated rings. The molecule has 1 aliphatic heterocycles. The minimum atomic E-state index is 0.0782. The topological polar surface area (TPSA) is 78.4 Å². The van der Waals surface area contributed by atoms with Crippen molar-refractivity contribution in [3.63, 3.8) is 0 Å². The number of nitrogens with zero attached hydrogens (tertiary/aromatic N) is 4. The standard InChI is InChI=1S/C17H32N6O/c1-6-18-16(19-11-14(24-5)17(2,3)4)23-9-7-13(8-10-23)15-20-12-21-22-15/h12-14H,6-11H2,1-5H3,(H,18,19)(H,20,21,22). The SMILES string of the molecule is CCNC(=NCC(OC)C(C)(C)C)N1CCC(c2ncn[nH]2)CC1. The predicted molar refractivity (Wildman–Crippen MR) is 96.2 cm³/mol. The van der Waals surface area contributed by atoms with Gasteiger partial charge in [-0.15, -0.1) is 0 Å². The van der Waals surface area contributed by atoms with Gasteiger partial charge in [-0.1, -0.05) is 20.8 Å². The van der Waals surface area contributed by atoms with E-state index in [0.717, 1.165) is 44.3 Å². The molecule has 1 saturated heterocycles. The number of aromatic nitrogens is 3. The minimum Gasteiger partial charge on any atom is -0.379 e. The van der Waals surface area contributed by atoms with Gasteiger partial charge in [0.25, 0.3) is 0 Å². The fourth-order valence-electron chi connectivity index (χ4n) is 3.07. The predicted octanol–water partition coefficient (Wildman–Crippen LogP) is 2.01. The van der Waals surface area contributed by atoms with Gasteiger partial charge in [-0.05, 0) is 25.2 Å². The molecule has 0 radical (unpaired) electrons. The first-order valence-corrected chi connectivity index (χ1v) is 8.87. The van der Waals surface area contributed by atoms with Gasteiger partial charge >= 0.3 is 0 Å². The molecule has 1 atom stereocenters. The molecule has 7 nitrogen and oxygen atoms in total. The van der Waals surface area contributed by atoms with Crippen molar-refractivity contribution in [1.82, 2.24) is 25.4 Å². The largest absolute Gasteiger partial charge is 0.379 e. The Hall–Kier alpha value is -1.63. The first kappa shape index (κ1) is 18.7. The third kappa shape index (κ3) is 4.93. The van der Waals surface area contributed by atoms with Crippen LogP contribution in [0.3, 0.4) is 0 Å². The average Bonchev–Trinajstić information content (AvgIpc) is 3.08. The highest BCUT2D eigenvalue weighted by Crippen LogP contribution is 2.25. The lowest BCUT2D eigenvalue weighted by Gasteiger charge is -2.34. The molecule has 0 aliphatic carbocycles. The highest BCUT2D eigenvalue weighted by atomic mass is 16.5. The van der Waals surface area contributed by atoms with Gasteiger partial charge in [-0.2, -0.15) is 5.10 Å². The Morgan fingerprint density at radius 3 is 2.67 bits per heavy atom. The monoisotopic (exact) mass is 336 g/mol. The number of H-pyrrole nitrogens is 1. The lowest BCUT2D eigenvalue weighted by molar-refractivity contribution is 0.0239. The Balaban J connectivity index is 1.96. The fourth-order valence-corrected chi connectivity index (χ4v) is 3.07. The first-order chi connectivity index (χ1) is 11.5. The van der Waals surface area contributed by atoms with Crippen LogP contribution < -0.4 is 5.32 Å². The number of hydrogen-bond acceptors (Lipinski definition) is 4. The maximum absolute atomic E-state index is 5.62. The van der Waals surface area contributed by atoms with Gasteiger partial charge in [0.2, 0.25) is 0 Å². The number of guanidine groups is 1. The third-order valence-corrected chi connectivity index (χ3v) is 4.61. The Bertz CT molecular complexity index is 500. The van der Waals surface area contributed by atoms with Crippen LogP contribution >= 0.6 is 0 Å². The molecular formula is C17H32N6O. The first-order valence-electron chi connectivity index (χ1n) is 8.87. The van der Waals surface area contributed by atoms with E-state index in [2.05, 4.69) is 53.1 Å². The second-order valence-electron chi connectivity index (χ2n) is 7.42. The number of hydrogen-bond donors (Lipinski definition) is 2. The van der Waals surface area contributed by atoms with Gasteiger partial charge in [0.05, 0.1) is 12.6 Å². The summed E-state index contributed by atoms with van der Waals surface area (Å²) in [6.45, 7) is 12.2. The van der Waals surface area contributed by atoms with Gasteiger partial charge in [0.15, 0.2) is 5.96 Å². The van der Waals surface area contributed by atoms with Gasteiger partial charge in [-0.3, -0.25) is 10.1 Å². The number of aromatic amines is 1. The van der Waals surface area contributed by atoms with Crippen LogP contribution in [0.5, 0.6) is 0 Å². The van der Waals surface area contributed by atoms with Crippen molar-refractivity contribution < 1.29 is 4.74 Å². The maximum Gasteiger partial charge on any atom is 0.194 e. The van der Waals surface area contributed by atoms with E-state index < -0.39 is 0 Å². The second-order valence-corrected chi connectivity index (χ2v) is 7.42. The summed E-state index contributed by atoms with van der Waals surface area (Å²) < 4.78 is 5.62. The summed E-state index contributed by atoms with van der Waals surface area (Å²) in [5.74, 6) is 2.46. The van der Waals surface area contributed by atoms with E-state index >= 15 is 0 Å². The summed E-state index contributed by atoms with van der Waals surface area (Å²) in [7, 11) is 1.77. The van der Waals surface area contributed by atoms with E-state index in [1.54, 1.807) is 13.4 Å². The van der Waals surface area contributed by atoms with Crippen molar-refractivity contribution in [2.24, 2.45) is 10.4 Å². The summed E-state index contributed by atoms with van der Waals surface area (Å²) in [6.07, 6.45) is 3.82. The zero-order chi connectivity index (χ0) is 17.6. The van der Waals surface area contributed by atoms with Crippen molar-refractivity contribution in [2.75, 3.05) is 33.3 Å². The molecule has 0 aromatic carbocycles. The molecule has 0 saturated carbocycles. The molecule has 24 heavy (non-hydrogen) atoms. The van der Waals surface area contributed by atoms with Crippen molar-refractivity contribution in [3.8, 4) is 0 Å². The van der Waals surface area contributed by atoms with Crippen LogP contribution in [0.1, 0.15) is 52.3 Å². The summed E-state index contributed by atoms with van der Waals surface area (Å²) in [5, 5.41) is 10.4. The van der Waals surface area contributed by atoms with E-state index in [1.807, 2.05) is 0 Å². The number of aliphatic imine (C=N–C) groups is 1. The molecule has 0 amide bonds. The van der Waals surface area contributed by atoms with Crippen molar-refractivity contribution in [3.05, 3.63) is 12.2 Å². The lowest BCUT2D eigenvalue weighted by atomic mass is 9.89. The van der Waals surface area contributed by atoms with Crippen LogP contribution in [0.15, 0.2) is 11.3 Å². The smallest absolute Gasteiger partial charge is 0.194 e. The fraction of sp³-hybridized carbons (Fsp3) is 0.824. The average molecular weight is 336 g/mol. The van der Waals surface area contributed by atoms with Crippen molar-refractivity contribution in [2.45, 2.75) is 52.6 Å². The summed E-state index contributed by atoms with van der Waals surface area (Å²) in [6, 6.07) is 0. The quantitative estimate of drug-likeness (QED) is 0.635. The number of piperidine rings is 1. The van der Waals surface area contributed by atoms with E-state index in [9.17, 15) is 0 Å². The maximum atomic E-state index is 5.62. The Labute approximate surface area is 145 Å². The van der Waals surface area contributed by atoms with Gasteiger partial charge in [-0.25, -0.2) is 4.98 Å². The molecule has 2 heterocycles. The molecule has 0 bridgehead atoms. The van der Waals surface area contributed by atoms with Gasteiger partial charge < -0.3 is 15.0 Å². The van der Waals surface area contributed by atoms with Gasteiger partial charge in [0.1, 0.15) is 12.2 Å². The summed E-state index contributed by atoms with van der Waals surface area (Å²) >= 11 is 0. The number of nitrogens with one attached hydrogen (secondary N) is 2. The van der Waals surface area contributed by atoms with E-state index in [1.165, 1.54) is 0 Å². The van der Waals surface area contributed by atoms with Gasteiger partial charge in [0, 0.05) is 32.7 Å². The molecule has 7 heteroatoms. The van der Waals surface area contributed by atoms with E-state index in [-0.39, 0.29) is 11.5 Å². The third-order valence-electron chi connectivity index (χ3n) is 4.61. The Morgan fingerprint density at radius 1 is 1.46 bits per heavy atom. The molecule has 2 N–H and O–H groups in total. The zero-order valence-electron chi connectivity index (χ0n) is 15.7. The molecule has 136 valence electrons. The van der Waals surface area contributed by atoms with Crippen LogP contribution in [0, 0.1) is 5.41 Å². The summed E-state index contributed by atoms with van der Waals surface area (Å²) in [4.78, 5) is 11.5. The van der Waals surface area contributed by atoms with E-state index in [0.29, 0.717) is 12.5 Å². The van der Waals surface area contributed by atoms with Crippen LogP contribution in [-0.2, 0) is 4.74 Å². The number of methoxy groups -OCH3 is 1. The highest BCUT2D eigenvalue weighted by molar-refractivity contribution is 5.80. The minimum absolute atomic E-state index is 0.0782. The van der Waals surface area contributed by atoms with Crippen LogP contribution in [-0.4, -0.2) is 65.4 Å². The summed E-state index contributed by atoms with van der Waals surface area (Å²) in [5.41, 5.74) is 0.0782. The normalized spacial score (nSPS) is 18.7. The number of ether oxygens (including phenoxy) is 1. The molecule has 1 unspecified atom stereocenters. The molecular weight excluding hydrogens is 304 g/mol. The number of likely N-dealkylation sites (tertiary alicyclic amines) is 1. The number of rotatable bonds is 5. The van der Waals surface area contributed by atoms with E-state index in [4.69, 9.17) is 9.73 Å². The van der Waals surface area contributed by atoms with Crippen LogP contribution in [0.25, 0.3) is 0 Å². The van der Waals surface area contributed by atoms with Crippen molar-refractivity contribution in [1.29, 1.82) is 0 Å². The molecule has 1 aromatic heterocycles. The molecule has 1 aromatic rings. The molecule has 1 aliphatic rings. The Morgan fingerprint density at radius 2 is 2.17 bits per heavy atom. The molecule has 0 spiro atoms. The molecule has 2 rings (SSSR count). The van der Waals surface area contributed by atoms with Crippen molar-refractivity contribution >= 4 is 5.96 Å². The highest BCUT2D eigenvalue weighted by Gasteiger charge is 2.26. The Kier molecular flexibility index (Phi) is 6.60.